The van der Waals surface area contributed by atoms with Crippen molar-refractivity contribution >= 4 is 5.91 Å². The molecular weight excluding hydrogens is 511 g/mol. The second-order valence-corrected chi connectivity index (χ2v) is 11.0. The Labute approximate surface area is 234 Å². The first-order valence-electron chi connectivity index (χ1n) is 13.5. The van der Waals surface area contributed by atoms with Crippen LogP contribution in [0.5, 0.6) is 17.2 Å². The van der Waals surface area contributed by atoms with Crippen LogP contribution < -0.4 is 20.3 Å². The van der Waals surface area contributed by atoms with Gasteiger partial charge < -0.3 is 24.5 Å². The van der Waals surface area contributed by atoms with Gasteiger partial charge in [0.05, 0.1) is 11.7 Å². The second kappa shape index (κ2) is 11.7. The van der Waals surface area contributed by atoms with Crippen LogP contribution in [0.25, 0.3) is 11.1 Å². The van der Waals surface area contributed by atoms with E-state index in [1.165, 1.54) is 28.8 Å². The molecule has 0 atom stereocenters. The van der Waals surface area contributed by atoms with E-state index in [2.05, 4.69) is 11.9 Å². The summed E-state index contributed by atoms with van der Waals surface area (Å²) >= 11 is 0. The minimum Gasteiger partial charge on any atom is -0.490 e. The summed E-state index contributed by atoms with van der Waals surface area (Å²) in [6, 6.07) is 9.75. The Kier molecular flexibility index (Phi) is 8.49. The smallest absolute Gasteiger partial charge is 0.254 e. The molecule has 212 valence electrons. The lowest BCUT2D eigenvalue weighted by Crippen LogP contribution is -2.39. The number of nitrogens with one attached hydrogen (secondary N) is 1. The summed E-state index contributed by atoms with van der Waals surface area (Å²) in [5.74, 6) is 0.888. The van der Waals surface area contributed by atoms with Gasteiger partial charge in [-0.15, -0.1) is 0 Å². The lowest BCUT2D eigenvalue weighted by molar-refractivity contribution is -0.117. The molecule has 1 aliphatic carbocycles. The highest BCUT2D eigenvalue weighted by molar-refractivity contribution is 5.87. The third-order valence-electron chi connectivity index (χ3n) is 7.30. The van der Waals surface area contributed by atoms with Crippen LogP contribution in [-0.2, 0) is 17.4 Å². The van der Waals surface area contributed by atoms with Crippen LogP contribution in [0.15, 0.2) is 60.0 Å². The number of benzene rings is 2. The lowest BCUT2D eigenvalue weighted by atomic mass is 9.92. The number of halogens is 1. The largest absolute Gasteiger partial charge is 0.490 e. The number of nitrogens with zero attached hydrogens (tertiary/aromatic N) is 1. The quantitative estimate of drug-likeness (QED) is 0.346. The van der Waals surface area contributed by atoms with Gasteiger partial charge in [-0.3, -0.25) is 9.59 Å². The summed E-state index contributed by atoms with van der Waals surface area (Å²) in [6.07, 6.45) is 5.73. The van der Waals surface area contributed by atoms with Gasteiger partial charge in [-0.2, -0.15) is 0 Å². The number of carbonyl (C=O) groups excluding carboxylic acids is 1. The van der Waals surface area contributed by atoms with Crippen molar-refractivity contribution in [2.24, 2.45) is 7.05 Å². The van der Waals surface area contributed by atoms with Gasteiger partial charge in [0.25, 0.3) is 5.56 Å². The SMILES string of the molecule is C=CC(=O)NC1CCC(Oc2cc(=O)n(C)cc2-c2cc(C(C)(C)O)ccc2Oc2c(C)cc(F)cc2C)CC1. The molecule has 40 heavy (non-hydrogen) atoms. The van der Waals surface area contributed by atoms with Crippen molar-refractivity contribution < 1.29 is 23.8 Å². The molecule has 4 rings (SSSR count). The monoisotopic (exact) mass is 548 g/mol. The topological polar surface area (TPSA) is 89.8 Å². The van der Waals surface area contributed by atoms with Gasteiger partial charge in [-0.25, -0.2) is 4.39 Å². The summed E-state index contributed by atoms with van der Waals surface area (Å²) in [6.45, 7) is 10.5. The van der Waals surface area contributed by atoms with Gasteiger partial charge in [-0.05, 0) is 100 Å². The highest BCUT2D eigenvalue weighted by Gasteiger charge is 2.26. The van der Waals surface area contributed by atoms with Crippen LogP contribution in [0.2, 0.25) is 0 Å². The maximum absolute atomic E-state index is 14.0. The summed E-state index contributed by atoms with van der Waals surface area (Å²) in [5.41, 5.74) is 1.84. The van der Waals surface area contributed by atoms with E-state index < -0.39 is 5.60 Å². The predicted molar refractivity (Wildman–Crippen MR) is 153 cm³/mol. The predicted octanol–water partition coefficient (Wildman–Crippen LogP) is 5.82. The zero-order chi connectivity index (χ0) is 29.2. The van der Waals surface area contributed by atoms with E-state index in [9.17, 15) is 19.1 Å². The molecule has 0 radical (unpaired) electrons. The number of aliphatic hydroxyl groups is 1. The van der Waals surface area contributed by atoms with Crippen LogP contribution in [0, 0.1) is 19.7 Å². The van der Waals surface area contributed by atoms with Crippen molar-refractivity contribution in [3.8, 4) is 28.4 Å². The molecule has 0 aliphatic heterocycles. The van der Waals surface area contributed by atoms with Gasteiger partial charge in [0, 0.05) is 36.5 Å². The number of rotatable bonds is 8. The van der Waals surface area contributed by atoms with Crippen LogP contribution >= 0.6 is 0 Å². The maximum Gasteiger partial charge on any atom is 0.254 e. The van der Waals surface area contributed by atoms with E-state index in [0.29, 0.717) is 57.9 Å². The summed E-state index contributed by atoms with van der Waals surface area (Å²) in [4.78, 5) is 24.4. The molecule has 0 unspecified atom stereocenters. The molecule has 7 nitrogen and oxygen atoms in total. The number of hydrogen-bond acceptors (Lipinski definition) is 5. The van der Waals surface area contributed by atoms with Crippen molar-refractivity contribution in [3.63, 3.8) is 0 Å². The number of aryl methyl sites for hydroxylation is 3. The van der Waals surface area contributed by atoms with Crippen molar-refractivity contribution in [1.82, 2.24) is 9.88 Å². The Morgan fingerprint density at radius 2 is 1.73 bits per heavy atom. The van der Waals surface area contributed by atoms with Crippen LogP contribution in [0.3, 0.4) is 0 Å². The van der Waals surface area contributed by atoms with Gasteiger partial charge in [0.15, 0.2) is 0 Å². The lowest BCUT2D eigenvalue weighted by Gasteiger charge is -2.30. The van der Waals surface area contributed by atoms with E-state index in [-0.39, 0.29) is 29.4 Å². The molecule has 1 fully saturated rings. The van der Waals surface area contributed by atoms with Crippen molar-refractivity contribution in [2.75, 3.05) is 0 Å². The van der Waals surface area contributed by atoms with Gasteiger partial charge in [0.1, 0.15) is 23.1 Å². The van der Waals surface area contributed by atoms with E-state index in [4.69, 9.17) is 9.47 Å². The molecule has 2 aromatic carbocycles. The highest BCUT2D eigenvalue weighted by atomic mass is 19.1. The molecule has 1 amide bonds. The molecule has 3 aromatic rings. The number of aromatic nitrogens is 1. The third kappa shape index (κ3) is 6.62. The zero-order valence-corrected chi connectivity index (χ0v) is 23.7. The van der Waals surface area contributed by atoms with Crippen LogP contribution in [0.4, 0.5) is 4.39 Å². The molecule has 0 bridgehead atoms. The average molecular weight is 549 g/mol. The number of ether oxygens (including phenoxy) is 2. The molecule has 0 saturated heterocycles. The van der Waals surface area contributed by atoms with Crippen molar-refractivity contribution in [1.29, 1.82) is 0 Å². The van der Waals surface area contributed by atoms with Crippen molar-refractivity contribution in [2.45, 2.75) is 71.1 Å². The van der Waals surface area contributed by atoms with E-state index in [1.807, 2.05) is 6.07 Å². The molecule has 0 spiro atoms. The number of amides is 1. The van der Waals surface area contributed by atoms with E-state index in [1.54, 1.807) is 53.1 Å². The van der Waals surface area contributed by atoms with Crippen LogP contribution in [0.1, 0.15) is 56.2 Å². The molecule has 1 saturated carbocycles. The summed E-state index contributed by atoms with van der Waals surface area (Å²) < 4.78 is 28.3. The van der Waals surface area contributed by atoms with Gasteiger partial charge in [0.2, 0.25) is 5.91 Å². The van der Waals surface area contributed by atoms with Gasteiger partial charge >= 0.3 is 0 Å². The molecule has 1 aliphatic rings. The Bertz CT molecular complexity index is 1460. The molecular formula is C32H37FN2O5. The zero-order valence-electron chi connectivity index (χ0n) is 23.7. The Hall–Kier alpha value is -3.91. The normalized spacial score (nSPS) is 17.3. The fraction of sp³-hybridized carbons (Fsp3) is 0.375. The number of hydrogen-bond donors (Lipinski definition) is 2. The highest BCUT2D eigenvalue weighted by Crippen LogP contribution is 2.42. The van der Waals surface area contributed by atoms with E-state index >= 15 is 0 Å². The van der Waals surface area contributed by atoms with E-state index in [0.717, 1.165) is 12.8 Å². The average Bonchev–Trinajstić information content (AvgIpc) is 2.88. The number of pyridine rings is 1. The fourth-order valence-corrected chi connectivity index (χ4v) is 5.06. The minimum atomic E-state index is -1.13. The second-order valence-electron chi connectivity index (χ2n) is 11.0. The Balaban J connectivity index is 1.75. The first kappa shape index (κ1) is 29.1. The van der Waals surface area contributed by atoms with Crippen LogP contribution in [-0.4, -0.2) is 27.7 Å². The Morgan fingerprint density at radius 1 is 1.07 bits per heavy atom. The Morgan fingerprint density at radius 3 is 2.33 bits per heavy atom. The summed E-state index contributed by atoms with van der Waals surface area (Å²) in [7, 11) is 1.66. The first-order chi connectivity index (χ1) is 18.8. The minimum absolute atomic E-state index is 0.0547. The maximum atomic E-state index is 14.0. The molecule has 8 heteroatoms. The van der Waals surface area contributed by atoms with Gasteiger partial charge in [-0.1, -0.05) is 12.6 Å². The third-order valence-corrected chi connectivity index (χ3v) is 7.30. The fourth-order valence-electron chi connectivity index (χ4n) is 5.06. The molecule has 1 heterocycles. The standard InChI is InChI=1S/C32H37FN2O5/c1-7-29(36)34-23-9-11-24(12-10-23)39-28-17-30(37)35(6)18-26(28)25-16-21(32(4,5)38)8-13-27(25)40-31-19(2)14-22(33)15-20(31)3/h7-8,13-18,23-24,38H,1,9-12H2,2-6H3,(H,34,36). The van der Waals surface area contributed by atoms with Crippen molar-refractivity contribution in [3.05, 3.63) is 88.1 Å². The first-order valence-corrected chi connectivity index (χ1v) is 13.5. The molecule has 2 N–H and O–H groups in total. The number of carbonyl (C=O) groups is 1. The summed E-state index contributed by atoms with van der Waals surface area (Å²) in [5, 5.41) is 13.7. The molecule has 1 aromatic heterocycles.